The van der Waals surface area contributed by atoms with Crippen LogP contribution in [0.1, 0.15) is 39.0 Å². The number of carbonyl (C=O) groups is 1. The Hall–Kier alpha value is -2.34. The van der Waals surface area contributed by atoms with Gasteiger partial charge in [-0.1, -0.05) is 18.2 Å². The zero-order valence-electron chi connectivity index (χ0n) is 15.6. The number of benzene rings is 2. The number of halogens is 3. The van der Waals surface area contributed by atoms with Gasteiger partial charge >= 0.3 is 6.18 Å². The summed E-state index contributed by atoms with van der Waals surface area (Å²) in [6.45, 7) is 3.31. The molecule has 1 heterocycles. The Balaban J connectivity index is 1.32. The number of hydrogen-bond donors (Lipinski definition) is 0. The molecule has 1 aliphatic carbocycles. The molecule has 2 aromatic rings. The molecule has 0 aromatic heterocycles. The van der Waals surface area contributed by atoms with Crippen LogP contribution < -0.4 is 0 Å². The van der Waals surface area contributed by atoms with Crippen LogP contribution in [-0.4, -0.2) is 41.9 Å². The van der Waals surface area contributed by atoms with Crippen molar-refractivity contribution in [2.45, 2.75) is 32.0 Å². The van der Waals surface area contributed by atoms with Gasteiger partial charge in [0.1, 0.15) is 0 Å². The Morgan fingerprint density at radius 2 is 1.57 bits per heavy atom. The molecule has 1 aliphatic heterocycles. The van der Waals surface area contributed by atoms with Gasteiger partial charge in [-0.15, -0.1) is 0 Å². The van der Waals surface area contributed by atoms with Crippen LogP contribution in [0.4, 0.5) is 13.2 Å². The lowest BCUT2D eigenvalue weighted by Gasteiger charge is -2.35. The van der Waals surface area contributed by atoms with E-state index in [-0.39, 0.29) is 5.91 Å². The van der Waals surface area contributed by atoms with Crippen LogP contribution >= 0.6 is 0 Å². The third-order valence-electron chi connectivity index (χ3n) is 5.69. The van der Waals surface area contributed by atoms with E-state index in [1.54, 1.807) is 0 Å². The molecule has 1 saturated heterocycles. The van der Waals surface area contributed by atoms with Gasteiger partial charge in [-0.05, 0) is 60.2 Å². The highest BCUT2D eigenvalue weighted by Gasteiger charge is 2.30. The quantitative estimate of drug-likeness (QED) is 0.789. The van der Waals surface area contributed by atoms with Crippen LogP contribution in [0.15, 0.2) is 42.5 Å². The van der Waals surface area contributed by atoms with Crippen molar-refractivity contribution in [3.05, 3.63) is 70.3 Å². The van der Waals surface area contributed by atoms with E-state index in [2.05, 4.69) is 11.0 Å². The van der Waals surface area contributed by atoms with Gasteiger partial charge in [0.05, 0.1) is 5.56 Å². The molecule has 1 fully saturated rings. The molecule has 3 nitrogen and oxygen atoms in total. The van der Waals surface area contributed by atoms with Gasteiger partial charge in [-0.3, -0.25) is 9.69 Å². The average Bonchev–Trinajstić information content (AvgIpc) is 3.15. The molecule has 6 heteroatoms. The van der Waals surface area contributed by atoms with E-state index in [1.165, 1.54) is 23.3 Å². The summed E-state index contributed by atoms with van der Waals surface area (Å²) in [7, 11) is 0. The maximum Gasteiger partial charge on any atom is 0.416 e. The van der Waals surface area contributed by atoms with Gasteiger partial charge in [0.2, 0.25) is 0 Å². The Labute approximate surface area is 162 Å². The first kappa shape index (κ1) is 19.0. The summed E-state index contributed by atoms with van der Waals surface area (Å²) < 4.78 is 38.0. The normalized spacial score (nSPS) is 17.6. The van der Waals surface area contributed by atoms with Gasteiger partial charge in [-0.2, -0.15) is 13.2 Å². The molecular formula is C22H23F3N2O. The topological polar surface area (TPSA) is 23.6 Å². The molecule has 0 radical (unpaired) electrons. The Morgan fingerprint density at radius 1 is 0.893 bits per heavy atom. The van der Waals surface area contributed by atoms with Crippen LogP contribution in [0.25, 0.3) is 0 Å². The van der Waals surface area contributed by atoms with E-state index in [4.69, 9.17) is 0 Å². The Bertz CT molecular complexity index is 853. The lowest BCUT2D eigenvalue weighted by molar-refractivity contribution is -0.137. The van der Waals surface area contributed by atoms with Gasteiger partial charge in [0, 0.05) is 38.3 Å². The predicted molar refractivity (Wildman–Crippen MR) is 101 cm³/mol. The number of aryl methyl sites for hydroxylation is 2. The molecular weight excluding hydrogens is 365 g/mol. The summed E-state index contributed by atoms with van der Waals surface area (Å²) in [6, 6.07) is 11.4. The molecule has 0 bridgehead atoms. The zero-order chi connectivity index (χ0) is 19.7. The monoisotopic (exact) mass is 388 g/mol. The maximum absolute atomic E-state index is 12.8. The van der Waals surface area contributed by atoms with E-state index >= 15 is 0 Å². The van der Waals surface area contributed by atoms with E-state index < -0.39 is 11.7 Å². The maximum atomic E-state index is 12.8. The number of piperazine rings is 1. The number of rotatable bonds is 3. The van der Waals surface area contributed by atoms with Crippen molar-refractivity contribution >= 4 is 5.91 Å². The number of nitrogens with zero attached hydrogens (tertiary/aromatic N) is 2. The largest absolute Gasteiger partial charge is 0.416 e. The van der Waals surface area contributed by atoms with Crippen molar-refractivity contribution in [1.29, 1.82) is 0 Å². The highest BCUT2D eigenvalue weighted by molar-refractivity contribution is 5.94. The van der Waals surface area contributed by atoms with Crippen LogP contribution in [-0.2, 0) is 25.6 Å². The third kappa shape index (κ3) is 4.07. The molecule has 0 saturated carbocycles. The molecule has 2 aliphatic rings. The smallest absolute Gasteiger partial charge is 0.336 e. The lowest BCUT2D eigenvalue weighted by atomic mass is 10.1. The van der Waals surface area contributed by atoms with Crippen LogP contribution in [0, 0.1) is 0 Å². The van der Waals surface area contributed by atoms with Gasteiger partial charge < -0.3 is 4.90 Å². The van der Waals surface area contributed by atoms with Crippen molar-refractivity contribution in [1.82, 2.24) is 9.80 Å². The minimum absolute atomic E-state index is 0.0730. The van der Waals surface area contributed by atoms with Crippen molar-refractivity contribution in [3.63, 3.8) is 0 Å². The summed E-state index contributed by atoms with van der Waals surface area (Å²) in [6.07, 6.45) is -0.985. The van der Waals surface area contributed by atoms with Crippen LogP contribution in [0.3, 0.4) is 0 Å². The first-order valence-corrected chi connectivity index (χ1v) is 9.70. The average molecular weight is 388 g/mol. The fraction of sp³-hybridized carbons (Fsp3) is 0.409. The highest BCUT2D eigenvalue weighted by Crippen LogP contribution is 2.29. The van der Waals surface area contributed by atoms with Crippen LogP contribution in [0.5, 0.6) is 0 Å². The summed E-state index contributed by atoms with van der Waals surface area (Å²) >= 11 is 0. The molecule has 0 N–H and O–H groups in total. The number of carbonyl (C=O) groups excluding carboxylic acids is 1. The number of alkyl halides is 3. The molecule has 2 aromatic carbocycles. The number of amides is 1. The summed E-state index contributed by atoms with van der Waals surface area (Å²) in [5.41, 5.74) is 3.65. The molecule has 0 spiro atoms. The fourth-order valence-corrected chi connectivity index (χ4v) is 4.05. The summed E-state index contributed by atoms with van der Waals surface area (Å²) in [5.74, 6) is 0.0730. The minimum atomic E-state index is -4.30. The zero-order valence-corrected chi connectivity index (χ0v) is 15.6. The second-order valence-corrected chi connectivity index (χ2v) is 7.60. The molecule has 148 valence electrons. The summed E-state index contributed by atoms with van der Waals surface area (Å²) in [5, 5.41) is 0. The molecule has 1 amide bonds. The highest BCUT2D eigenvalue weighted by atomic mass is 19.4. The second-order valence-electron chi connectivity index (χ2n) is 7.60. The van der Waals surface area contributed by atoms with Crippen molar-refractivity contribution < 1.29 is 18.0 Å². The molecule has 28 heavy (non-hydrogen) atoms. The first-order valence-electron chi connectivity index (χ1n) is 9.70. The molecule has 0 unspecified atom stereocenters. The van der Waals surface area contributed by atoms with Crippen LogP contribution in [0.2, 0.25) is 0 Å². The SMILES string of the molecule is O=C(c1ccc2c(c1)CCC2)N1CCN(Cc2ccc(C(F)(F)F)cc2)CC1. The third-order valence-corrected chi connectivity index (χ3v) is 5.69. The van der Waals surface area contributed by atoms with Gasteiger partial charge in [0.15, 0.2) is 0 Å². The fourth-order valence-electron chi connectivity index (χ4n) is 4.05. The Kier molecular flexibility index (Phi) is 5.15. The van der Waals surface area contributed by atoms with Gasteiger partial charge in [0.25, 0.3) is 5.91 Å². The standard InChI is InChI=1S/C22H23F3N2O/c23-22(24,25)20-8-4-16(5-9-20)15-26-10-12-27(13-11-26)21(28)19-7-6-17-2-1-3-18(17)14-19/h4-9,14H,1-3,10-13,15H2. The van der Waals surface area contributed by atoms with E-state index in [0.717, 1.165) is 55.6 Å². The van der Waals surface area contributed by atoms with Crippen molar-refractivity contribution in [2.24, 2.45) is 0 Å². The number of fused-ring (bicyclic) bond motifs is 1. The minimum Gasteiger partial charge on any atom is -0.336 e. The van der Waals surface area contributed by atoms with Crippen molar-refractivity contribution in [3.8, 4) is 0 Å². The lowest BCUT2D eigenvalue weighted by Crippen LogP contribution is -2.48. The van der Waals surface area contributed by atoms with E-state index in [9.17, 15) is 18.0 Å². The first-order chi connectivity index (χ1) is 13.4. The van der Waals surface area contributed by atoms with Gasteiger partial charge in [-0.25, -0.2) is 0 Å². The predicted octanol–water partition coefficient (Wildman–Crippen LogP) is 4.15. The summed E-state index contributed by atoms with van der Waals surface area (Å²) in [4.78, 5) is 16.8. The molecule has 4 rings (SSSR count). The number of hydrogen-bond acceptors (Lipinski definition) is 2. The second kappa shape index (κ2) is 7.59. The Morgan fingerprint density at radius 3 is 2.25 bits per heavy atom. The molecule has 0 atom stereocenters. The van der Waals surface area contributed by atoms with E-state index in [1.807, 2.05) is 17.0 Å². The van der Waals surface area contributed by atoms with E-state index in [0.29, 0.717) is 19.6 Å². The van der Waals surface area contributed by atoms with Crippen molar-refractivity contribution in [2.75, 3.05) is 26.2 Å².